The van der Waals surface area contributed by atoms with Crippen LogP contribution < -0.4 is 14.8 Å². The van der Waals surface area contributed by atoms with Crippen molar-refractivity contribution in [1.82, 2.24) is 5.32 Å². The first kappa shape index (κ1) is 30.9. The summed E-state index contributed by atoms with van der Waals surface area (Å²) in [4.78, 5) is 51.1. The Labute approximate surface area is 241 Å². The first-order chi connectivity index (χ1) is 20.1. The SMILES string of the molecule is C=CC(=O)NC(c1ccc(C(=O)O)cc1)C(C(=O)C=Cc1ccc(O)c(OC)c1)C(=O)C=Cc1ccc(O)c(OC)c1. The van der Waals surface area contributed by atoms with Crippen molar-refractivity contribution in [2.24, 2.45) is 5.92 Å². The minimum atomic E-state index is -1.48. The molecular formula is C32H29NO9. The fourth-order valence-electron chi connectivity index (χ4n) is 4.03. The summed E-state index contributed by atoms with van der Waals surface area (Å²) < 4.78 is 10.2. The van der Waals surface area contributed by atoms with Gasteiger partial charge in [-0.25, -0.2) is 4.79 Å². The topological polar surface area (TPSA) is 159 Å². The van der Waals surface area contributed by atoms with Gasteiger partial charge in [0, 0.05) is 0 Å². The largest absolute Gasteiger partial charge is 0.504 e. The van der Waals surface area contributed by atoms with E-state index in [4.69, 9.17) is 9.47 Å². The number of benzene rings is 3. The number of carbonyl (C=O) groups is 4. The van der Waals surface area contributed by atoms with Crippen LogP contribution in [0.4, 0.5) is 0 Å². The second-order valence-corrected chi connectivity index (χ2v) is 8.93. The highest BCUT2D eigenvalue weighted by molar-refractivity contribution is 6.14. The molecule has 1 atom stereocenters. The lowest BCUT2D eigenvalue weighted by Crippen LogP contribution is -2.39. The molecule has 42 heavy (non-hydrogen) atoms. The van der Waals surface area contributed by atoms with Gasteiger partial charge in [0.15, 0.2) is 34.6 Å². The molecular weight excluding hydrogens is 542 g/mol. The van der Waals surface area contributed by atoms with Crippen LogP contribution in [0, 0.1) is 5.92 Å². The Kier molecular flexibility index (Phi) is 10.4. The number of phenolic OH excluding ortho intramolecular Hbond substituents is 2. The number of allylic oxidation sites excluding steroid dienone is 2. The highest BCUT2D eigenvalue weighted by Gasteiger charge is 2.34. The van der Waals surface area contributed by atoms with E-state index in [0.717, 1.165) is 6.08 Å². The van der Waals surface area contributed by atoms with Crippen molar-refractivity contribution in [2.45, 2.75) is 6.04 Å². The number of hydrogen-bond acceptors (Lipinski definition) is 8. The molecule has 1 unspecified atom stereocenters. The molecule has 4 N–H and O–H groups in total. The number of ether oxygens (including phenoxy) is 2. The fraction of sp³-hybridized carbons (Fsp3) is 0.125. The van der Waals surface area contributed by atoms with E-state index in [2.05, 4.69) is 11.9 Å². The molecule has 3 aromatic rings. The van der Waals surface area contributed by atoms with E-state index in [1.54, 1.807) is 0 Å². The monoisotopic (exact) mass is 571 g/mol. The number of rotatable bonds is 13. The summed E-state index contributed by atoms with van der Waals surface area (Å²) in [5.74, 6) is -4.48. The fourth-order valence-corrected chi connectivity index (χ4v) is 4.03. The molecule has 3 rings (SSSR count). The average molecular weight is 572 g/mol. The van der Waals surface area contributed by atoms with E-state index in [1.807, 2.05) is 0 Å². The van der Waals surface area contributed by atoms with Crippen molar-refractivity contribution >= 4 is 35.6 Å². The molecule has 0 bridgehead atoms. The molecule has 0 aliphatic heterocycles. The lowest BCUT2D eigenvalue weighted by Gasteiger charge is -2.25. The minimum absolute atomic E-state index is 0.0240. The Morgan fingerprint density at radius 2 is 1.26 bits per heavy atom. The van der Waals surface area contributed by atoms with Crippen LogP contribution in [0.3, 0.4) is 0 Å². The van der Waals surface area contributed by atoms with Gasteiger partial charge in [0.1, 0.15) is 5.92 Å². The van der Waals surface area contributed by atoms with Gasteiger partial charge in [-0.3, -0.25) is 14.4 Å². The molecule has 0 saturated carbocycles. The summed E-state index contributed by atoms with van der Waals surface area (Å²) in [6, 6.07) is 13.1. The third-order valence-corrected chi connectivity index (χ3v) is 6.23. The molecule has 10 heteroatoms. The molecule has 0 aromatic heterocycles. The van der Waals surface area contributed by atoms with Crippen LogP contribution in [0.2, 0.25) is 0 Å². The van der Waals surface area contributed by atoms with E-state index in [-0.39, 0.29) is 28.6 Å². The van der Waals surface area contributed by atoms with Crippen LogP contribution >= 0.6 is 0 Å². The quantitative estimate of drug-likeness (QED) is 0.173. The zero-order chi connectivity index (χ0) is 30.8. The summed E-state index contributed by atoms with van der Waals surface area (Å²) in [5.41, 5.74) is 1.27. The molecule has 10 nitrogen and oxygen atoms in total. The molecule has 0 fully saturated rings. The number of amides is 1. The third-order valence-electron chi connectivity index (χ3n) is 6.23. The number of phenols is 2. The van der Waals surface area contributed by atoms with Crippen molar-refractivity contribution in [3.63, 3.8) is 0 Å². The molecule has 0 saturated heterocycles. The third kappa shape index (κ3) is 7.72. The zero-order valence-electron chi connectivity index (χ0n) is 22.8. The first-order valence-corrected chi connectivity index (χ1v) is 12.5. The Balaban J connectivity index is 2.07. The summed E-state index contributed by atoms with van der Waals surface area (Å²) in [7, 11) is 2.75. The number of carboxylic acids is 1. The van der Waals surface area contributed by atoms with E-state index >= 15 is 0 Å². The van der Waals surface area contributed by atoms with Gasteiger partial charge in [-0.05, 0) is 71.3 Å². The Morgan fingerprint density at radius 3 is 1.67 bits per heavy atom. The van der Waals surface area contributed by atoms with Gasteiger partial charge in [-0.1, -0.05) is 43.0 Å². The number of nitrogens with one attached hydrogen (secondary N) is 1. The van der Waals surface area contributed by atoms with Crippen LogP contribution in [0.5, 0.6) is 23.0 Å². The molecule has 0 heterocycles. The minimum Gasteiger partial charge on any atom is -0.504 e. The van der Waals surface area contributed by atoms with Crippen LogP contribution in [0.25, 0.3) is 12.2 Å². The van der Waals surface area contributed by atoms with Gasteiger partial charge in [-0.2, -0.15) is 0 Å². The Morgan fingerprint density at radius 1 is 0.786 bits per heavy atom. The average Bonchev–Trinajstić information content (AvgIpc) is 2.99. The van der Waals surface area contributed by atoms with E-state index in [9.17, 15) is 34.5 Å². The van der Waals surface area contributed by atoms with Crippen LogP contribution in [0.15, 0.2) is 85.5 Å². The number of ketones is 2. The maximum atomic E-state index is 13.6. The maximum Gasteiger partial charge on any atom is 0.335 e. The van der Waals surface area contributed by atoms with Gasteiger partial charge < -0.3 is 30.1 Å². The highest BCUT2D eigenvalue weighted by atomic mass is 16.5. The van der Waals surface area contributed by atoms with Gasteiger partial charge in [0.05, 0.1) is 25.8 Å². The molecule has 3 aromatic carbocycles. The van der Waals surface area contributed by atoms with E-state index in [1.165, 1.54) is 99.2 Å². The predicted molar refractivity (Wildman–Crippen MR) is 155 cm³/mol. The van der Waals surface area contributed by atoms with Gasteiger partial charge in [-0.15, -0.1) is 0 Å². The first-order valence-electron chi connectivity index (χ1n) is 12.5. The normalized spacial score (nSPS) is 12.4. The molecule has 216 valence electrons. The summed E-state index contributed by atoms with van der Waals surface area (Å²) in [6.45, 7) is 3.44. The van der Waals surface area contributed by atoms with Crippen molar-refractivity contribution in [2.75, 3.05) is 14.2 Å². The van der Waals surface area contributed by atoms with Crippen molar-refractivity contribution in [3.05, 3.63) is 108 Å². The second-order valence-electron chi connectivity index (χ2n) is 8.93. The van der Waals surface area contributed by atoms with Crippen molar-refractivity contribution in [1.29, 1.82) is 0 Å². The molecule has 0 radical (unpaired) electrons. The lowest BCUT2D eigenvalue weighted by atomic mass is 9.85. The number of carbonyl (C=O) groups excluding carboxylic acids is 3. The number of aromatic carboxylic acids is 1. The number of carboxylic acid groups (broad SMARTS) is 1. The predicted octanol–water partition coefficient (Wildman–Crippen LogP) is 4.34. The lowest BCUT2D eigenvalue weighted by molar-refractivity contribution is -0.129. The molecule has 1 amide bonds. The number of methoxy groups -OCH3 is 2. The Bertz CT molecular complexity index is 1480. The highest BCUT2D eigenvalue weighted by Crippen LogP contribution is 2.30. The van der Waals surface area contributed by atoms with E-state index < -0.39 is 35.4 Å². The van der Waals surface area contributed by atoms with E-state index in [0.29, 0.717) is 16.7 Å². The maximum absolute atomic E-state index is 13.6. The summed E-state index contributed by atoms with van der Waals surface area (Å²) in [5, 5.41) is 31.6. The molecule has 0 spiro atoms. The summed E-state index contributed by atoms with van der Waals surface area (Å²) >= 11 is 0. The van der Waals surface area contributed by atoms with Crippen molar-refractivity contribution in [3.8, 4) is 23.0 Å². The zero-order valence-corrected chi connectivity index (χ0v) is 22.8. The van der Waals surface area contributed by atoms with Gasteiger partial charge >= 0.3 is 5.97 Å². The van der Waals surface area contributed by atoms with Crippen LogP contribution in [-0.2, 0) is 14.4 Å². The number of aromatic hydroxyl groups is 2. The smallest absolute Gasteiger partial charge is 0.335 e. The molecule has 0 aliphatic carbocycles. The Hall–Kier alpha value is -5.64. The standard InChI is InChI=1S/C32H29NO9/c1-4-29(38)33-31(21-9-11-22(12-10-21)32(39)40)30(25(36)15-7-19-5-13-23(34)27(17-19)41-2)26(37)16-8-20-6-14-24(35)28(18-20)42-3/h4-18,30-31,34-35H,1H2,2-3H3,(H,33,38)(H,39,40). The van der Waals surface area contributed by atoms with Crippen LogP contribution in [0.1, 0.15) is 33.1 Å². The molecule has 0 aliphatic rings. The van der Waals surface area contributed by atoms with Crippen LogP contribution in [-0.4, -0.2) is 53.0 Å². The summed E-state index contributed by atoms with van der Waals surface area (Å²) in [6.07, 6.45) is 6.19. The van der Waals surface area contributed by atoms with Crippen molar-refractivity contribution < 1.29 is 44.0 Å². The second kappa shape index (κ2) is 14.1. The van der Waals surface area contributed by atoms with Gasteiger partial charge in [0.25, 0.3) is 0 Å². The number of hydrogen-bond donors (Lipinski definition) is 4. The van der Waals surface area contributed by atoms with Gasteiger partial charge in [0.2, 0.25) is 5.91 Å².